The van der Waals surface area contributed by atoms with Crippen LogP contribution >= 0.6 is 11.3 Å². The number of thiazole rings is 1. The number of methoxy groups -OCH3 is 1. The number of aryl methyl sites for hydroxylation is 1. The maximum atomic E-state index is 14.2. The van der Waals surface area contributed by atoms with Gasteiger partial charge in [-0.25, -0.2) is 9.37 Å². The van der Waals surface area contributed by atoms with E-state index in [4.69, 9.17) is 4.74 Å². The monoisotopic (exact) mass is 420 g/mol. The third-order valence-electron chi connectivity index (χ3n) is 4.89. The van der Waals surface area contributed by atoms with E-state index in [9.17, 15) is 9.18 Å². The maximum Gasteiger partial charge on any atom is 0.233 e. The zero-order chi connectivity index (χ0) is 21.1. The molecule has 0 bridgehead atoms. The molecule has 0 spiro atoms. The van der Waals surface area contributed by atoms with E-state index in [0.29, 0.717) is 17.2 Å². The third kappa shape index (κ3) is 4.19. The molecular weight excluding hydrogens is 399 g/mol. The Balaban J connectivity index is 1.68. The smallest absolute Gasteiger partial charge is 0.233 e. The Morgan fingerprint density at radius 1 is 1.07 bits per heavy atom. The van der Waals surface area contributed by atoms with Gasteiger partial charge in [0.15, 0.2) is 5.13 Å². The average Bonchev–Trinajstić information content (AvgIpc) is 3.18. The number of anilines is 1. The number of halogens is 1. The quantitative estimate of drug-likeness (QED) is 0.412. The Bertz CT molecular complexity index is 1190. The molecule has 0 saturated carbocycles. The van der Waals surface area contributed by atoms with Crippen LogP contribution in [0.15, 0.2) is 66.7 Å². The van der Waals surface area contributed by atoms with Crippen molar-refractivity contribution >= 4 is 32.6 Å². The summed E-state index contributed by atoms with van der Waals surface area (Å²) in [5, 5.41) is 0.495. The Kier molecular flexibility index (Phi) is 5.77. The number of hydrogen-bond donors (Lipinski definition) is 0. The molecule has 0 atom stereocenters. The molecule has 0 aliphatic carbocycles. The standard InChI is InChI=1S/C24H21FN2O2S/c1-16-13-18(11-12-20(16)29-2)14-22(28)27(15-17-7-4-3-5-8-17)24-26-23-19(25)9-6-10-21(23)30-24/h3-13H,14-15H2,1-2H3. The van der Waals surface area contributed by atoms with Crippen LogP contribution in [0.4, 0.5) is 9.52 Å². The topological polar surface area (TPSA) is 42.4 Å². The predicted octanol–water partition coefficient (Wildman–Crippen LogP) is 5.53. The molecule has 0 N–H and O–H groups in total. The van der Waals surface area contributed by atoms with Crippen molar-refractivity contribution in [3.05, 3.63) is 89.2 Å². The van der Waals surface area contributed by atoms with Crippen molar-refractivity contribution in [3.63, 3.8) is 0 Å². The van der Waals surface area contributed by atoms with Crippen molar-refractivity contribution in [3.8, 4) is 5.75 Å². The van der Waals surface area contributed by atoms with Gasteiger partial charge in [-0.2, -0.15) is 0 Å². The van der Waals surface area contributed by atoms with Crippen molar-refractivity contribution < 1.29 is 13.9 Å². The summed E-state index contributed by atoms with van der Waals surface area (Å²) in [7, 11) is 1.63. The highest BCUT2D eigenvalue weighted by Crippen LogP contribution is 2.31. The summed E-state index contributed by atoms with van der Waals surface area (Å²) in [6, 6.07) is 20.3. The van der Waals surface area contributed by atoms with Gasteiger partial charge in [0.05, 0.1) is 24.8 Å². The van der Waals surface area contributed by atoms with Crippen LogP contribution < -0.4 is 9.64 Å². The van der Waals surface area contributed by atoms with Gasteiger partial charge >= 0.3 is 0 Å². The number of amides is 1. The van der Waals surface area contributed by atoms with Crippen LogP contribution in [0.1, 0.15) is 16.7 Å². The molecule has 0 unspecified atom stereocenters. The van der Waals surface area contributed by atoms with E-state index in [-0.39, 0.29) is 18.1 Å². The molecule has 4 aromatic rings. The lowest BCUT2D eigenvalue weighted by atomic mass is 10.1. The van der Waals surface area contributed by atoms with Gasteiger partial charge in [0, 0.05) is 0 Å². The summed E-state index contributed by atoms with van der Waals surface area (Å²) < 4.78 is 20.2. The number of carbonyl (C=O) groups excluding carboxylic acids is 1. The zero-order valence-electron chi connectivity index (χ0n) is 16.8. The van der Waals surface area contributed by atoms with Crippen molar-refractivity contribution in [1.29, 1.82) is 0 Å². The van der Waals surface area contributed by atoms with Gasteiger partial charge in [0.1, 0.15) is 17.1 Å². The summed E-state index contributed by atoms with van der Waals surface area (Å²) in [6.45, 7) is 2.32. The van der Waals surface area contributed by atoms with Gasteiger partial charge < -0.3 is 4.74 Å². The van der Waals surface area contributed by atoms with Crippen LogP contribution in [-0.2, 0) is 17.8 Å². The van der Waals surface area contributed by atoms with E-state index in [1.54, 1.807) is 18.1 Å². The molecular formula is C24H21FN2O2S. The molecule has 0 fully saturated rings. The largest absolute Gasteiger partial charge is 0.496 e. The van der Waals surface area contributed by atoms with E-state index in [1.807, 2.05) is 61.5 Å². The summed E-state index contributed by atoms with van der Waals surface area (Å²) in [6.07, 6.45) is 0.218. The SMILES string of the molecule is COc1ccc(CC(=O)N(Cc2ccccc2)c2nc3c(F)cccc3s2)cc1C. The van der Waals surface area contributed by atoms with Crippen LogP contribution in [0.2, 0.25) is 0 Å². The summed E-state index contributed by atoms with van der Waals surface area (Å²) in [5.41, 5.74) is 3.14. The number of fused-ring (bicyclic) bond motifs is 1. The molecule has 152 valence electrons. The molecule has 0 radical (unpaired) electrons. The first kappa shape index (κ1) is 20.0. The number of benzene rings is 3. The highest BCUT2D eigenvalue weighted by Gasteiger charge is 2.21. The lowest BCUT2D eigenvalue weighted by Crippen LogP contribution is -2.31. The van der Waals surface area contributed by atoms with Gasteiger partial charge in [0.2, 0.25) is 5.91 Å². The molecule has 0 aliphatic rings. The first-order chi connectivity index (χ1) is 14.5. The lowest BCUT2D eigenvalue weighted by molar-refractivity contribution is -0.118. The normalized spacial score (nSPS) is 10.9. The van der Waals surface area contributed by atoms with Gasteiger partial charge in [0.25, 0.3) is 0 Å². The third-order valence-corrected chi connectivity index (χ3v) is 5.93. The number of para-hydroxylation sites is 1. The van der Waals surface area contributed by atoms with Crippen LogP contribution in [0, 0.1) is 12.7 Å². The number of aromatic nitrogens is 1. The van der Waals surface area contributed by atoms with Gasteiger partial charge in [-0.15, -0.1) is 0 Å². The molecule has 0 aliphatic heterocycles. The first-order valence-corrected chi connectivity index (χ1v) is 10.4. The fourth-order valence-electron chi connectivity index (χ4n) is 3.37. The fourth-order valence-corrected chi connectivity index (χ4v) is 4.36. The van der Waals surface area contributed by atoms with Crippen molar-refractivity contribution in [2.75, 3.05) is 12.0 Å². The fraction of sp³-hybridized carbons (Fsp3) is 0.167. The van der Waals surface area contributed by atoms with Crippen LogP contribution in [0.25, 0.3) is 10.2 Å². The molecule has 1 heterocycles. The molecule has 6 heteroatoms. The number of carbonyl (C=O) groups is 1. The average molecular weight is 421 g/mol. The van der Waals surface area contributed by atoms with Crippen LogP contribution in [0.5, 0.6) is 5.75 Å². The molecule has 0 saturated heterocycles. The highest BCUT2D eigenvalue weighted by molar-refractivity contribution is 7.22. The number of ether oxygens (including phenoxy) is 1. The summed E-state index contributed by atoms with van der Waals surface area (Å²) in [5.74, 6) is 0.310. The van der Waals surface area contributed by atoms with E-state index in [1.165, 1.54) is 17.4 Å². The molecule has 1 aromatic heterocycles. The predicted molar refractivity (Wildman–Crippen MR) is 119 cm³/mol. The summed E-state index contributed by atoms with van der Waals surface area (Å²) in [4.78, 5) is 19.4. The lowest BCUT2D eigenvalue weighted by Gasteiger charge is -2.20. The minimum Gasteiger partial charge on any atom is -0.496 e. The minimum absolute atomic E-state index is 0.0946. The summed E-state index contributed by atoms with van der Waals surface area (Å²) >= 11 is 1.32. The van der Waals surface area contributed by atoms with E-state index in [2.05, 4.69) is 4.98 Å². The Hall–Kier alpha value is -3.25. The van der Waals surface area contributed by atoms with Crippen molar-refractivity contribution in [2.24, 2.45) is 0 Å². The Labute approximate surface area is 178 Å². The molecule has 4 rings (SSSR count). The Morgan fingerprint density at radius 3 is 2.57 bits per heavy atom. The van der Waals surface area contributed by atoms with E-state index in [0.717, 1.165) is 27.1 Å². The number of nitrogens with zero attached hydrogens (tertiary/aromatic N) is 2. The first-order valence-electron chi connectivity index (χ1n) is 9.58. The van der Waals surface area contributed by atoms with Crippen molar-refractivity contribution in [2.45, 2.75) is 19.9 Å². The van der Waals surface area contributed by atoms with Gasteiger partial charge in [-0.1, -0.05) is 59.9 Å². The maximum absolute atomic E-state index is 14.2. The molecule has 4 nitrogen and oxygen atoms in total. The molecule has 3 aromatic carbocycles. The second kappa shape index (κ2) is 8.63. The van der Waals surface area contributed by atoms with E-state index < -0.39 is 0 Å². The van der Waals surface area contributed by atoms with Crippen LogP contribution in [0.3, 0.4) is 0 Å². The second-order valence-electron chi connectivity index (χ2n) is 7.03. The minimum atomic E-state index is -0.382. The van der Waals surface area contributed by atoms with E-state index >= 15 is 0 Å². The highest BCUT2D eigenvalue weighted by atomic mass is 32.1. The Morgan fingerprint density at radius 2 is 1.87 bits per heavy atom. The second-order valence-corrected chi connectivity index (χ2v) is 8.04. The van der Waals surface area contributed by atoms with Gasteiger partial charge in [-0.05, 0) is 41.8 Å². The molecule has 30 heavy (non-hydrogen) atoms. The molecule has 1 amide bonds. The number of hydrogen-bond acceptors (Lipinski definition) is 4. The van der Waals surface area contributed by atoms with Crippen LogP contribution in [-0.4, -0.2) is 18.0 Å². The van der Waals surface area contributed by atoms with Crippen molar-refractivity contribution in [1.82, 2.24) is 4.98 Å². The van der Waals surface area contributed by atoms with Gasteiger partial charge in [-0.3, -0.25) is 9.69 Å². The zero-order valence-corrected chi connectivity index (χ0v) is 17.6. The number of rotatable bonds is 6.